The van der Waals surface area contributed by atoms with Gasteiger partial charge in [-0.1, -0.05) is 42.5 Å². The Balaban J connectivity index is 1.64. The van der Waals surface area contributed by atoms with Crippen molar-refractivity contribution in [3.63, 3.8) is 0 Å². The number of carbonyl (C=O) groups excluding carboxylic acids is 2. The molecule has 148 valence electrons. The second-order valence-electron chi connectivity index (χ2n) is 7.02. The summed E-state index contributed by atoms with van der Waals surface area (Å²) in [6, 6.07) is 20.6. The maximum atomic E-state index is 12.4. The van der Waals surface area contributed by atoms with Crippen molar-refractivity contribution in [2.75, 3.05) is 22.5 Å². The van der Waals surface area contributed by atoms with Crippen molar-refractivity contribution < 1.29 is 9.59 Å². The molecule has 2 amide bonds. The summed E-state index contributed by atoms with van der Waals surface area (Å²) < 4.78 is 0. The maximum Gasteiger partial charge on any atom is 0.255 e. The molecule has 0 saturated heterocycles. The molecule has 3 aromatic carbocycles. The molecule has 3 rings (SSSR count). The Morgan fingerprint density at radius 2 is 1.45 bits per heavy atom. The first-order valence-corrected chi connectivity index (χ1v) is 9.51. The van der Waals surface area contributed by atoms with Gasteiger partial charge in [-0.3, -0.25) is 9.59 Å². The van der Waals surface area contributed by atoms with E-state index in [-0.39, 0.29) is 18.4 Å². The number of hydrogen-bond donors (Lipinski definition) is 3. The van der Waals surface area contributed by atoms with Crippen molar-refractivity contribution in [3.05, 3.63) is 89.0 Å². The first kappa shape index (κ1) is 20.1. The molecule has 0 saturated carbocycles. The van der Waals surface area contributed by atoms with Crippen LogP contribution in [0.2, 0.25) is 0 Å². The van der Waals surface area contributed by atoms with Crippen LogP contribution in [0.1, 0.15) is 27.0 Å². The summed E-state index contributed by atoms with van der Waals surface area (Å²) in [6.45, 7) is 6.03. The average molecular weight is 387 g/mol. The fourth-order valence-corrected chi connectivity index (χ4v) is 3.05. The van der Waals surface area contributed by atoms with Crippen LogP contribution < -0.4 is 16.0 Å². The van der Waals surface area contributed by atoms with Crippen LogP contribution in [0.4, 0.5) is 17.1 Å². The van der Waals surface area contributed by atoms with Gasteiger partial charge in [0.2, 0.25) is 5.91 Å². The van der Waals surface area contributed by atoms with Crippen molar-refractivity contribution in [1.82, 2.24) is 0 Å². The van der Waals surface area contributed by atoms with Crippen LogP contribution in [-0.2, 0) is 4.79 Å². The average Bonchev–Trinajstić information content (AvgIpc) is 2.72. The highest BCUT2D eigenvalue weighted by Gasteiger charge is 2.10. The summed E-state index contributed by atoms with van der Waals surface area (Å²) >= 11 is 0. The van der Waals surface area contributed by atoms with Crippen molar-refractivity contribution in [3.8, 4) is 0 Å². The lowest BCUT2D eigenvalue weighted by atomic mass is 10.1. The second-order valence-corrected chi connectivity index (χ2v) is 7.02. The third-order valence-electron chi connectivity index (χ3n) is 4.72. The smallest absolute Gasteiger partial charge is 0.255 e. The number of aryl methyl sites for hydroxylation is 3. The standard InChI is InChI=1S/C24H25N3O2/c1-16-12-13-20(26-24(29)19-10-5-4-6-11-19)14-21(16)25-15-22(28)27-23-17(2)8-7-9-18(23)3/h4-14,25H,15H2,1-3H3,(H,26,29)(H,27,28). The van der Waals surface area contributed by atoms with Crippen LogP contribution in [-0.4, -0.2) is 18.4 Å². The zero-order valence-corrected chi connectivity index (χ0v) is 16.9. The van der Waals surface area contributed by atoms with E-state index >= 15 is 0 Å². The van der Waals surface area contributed by atoms with Gasteiger partial charge in [-0.25, -0.2) is 0 Å². The molecule has 0 bridgehead atoms. The van der Waals surface area contributed by atoms with Gasteiger partial charge in [0.25, 0.3) is 5.91 Å². The van der Waals surface area contributed by atoms with Crippen LogP contribution in [0, 0.1) is 20.8 Å². The minimum Gasteiger partial charge on any atom is -0.376 e. The van der Waals surface area contributed by atoms with Crippen molar-refractivity contribution in [2.24, 2.45) is 0 Å². The molecule has 0 fully saturated rings. The molecule has 3 aromatic rings. The number of hydrogen-bond acceptors (Lipinski definition) is 3. The van der Waals surface area contributed by atoms with E-state index in [1.807, 2.05) is 75.4 Å². The lowest BCUT2D eigenvalue weighted by Crippen LogP contribution is -2.23. The molecule has 5 nitrogen and oxygen atoms in total. The molecule has 0 radical (unpaired) electrons. The lowest BCUT2D eigenvalue weighted by Gasteiger charge is -2.14. The summed E-state index contributed by atoms with van der Waals surface area (Å²) in [4.78, 5) is 24.8. The number of para-hydroxylation sites is 1. The number of carbonyl (C=O) groups is 2. The van der Waals surface area contributed by atoms with E-state index in [2.05, 4.69) is 16.0 Å². The molecule has 0 unspecified atom stereocenters. The van der Waals surface area contributed by atoms with E-state index in [1.54, 1.807) is 12.1 Å². The van der Waals surface area contributed by atoms with Gasteiger partial charge in [0.1, 0.15) is 0 Å². The first-order chi connectivity index (χ1) is 13.9. The number of anilines is 3. The van der Waals surface area contributed by atoms with Gasteiger partial charge < -0.3 is 16.0 Å². The summed E-state index contributed by atoms with van der Waals surface area (Å²) in [6.07, 6.45) is 0. The van der Waals surface area contributed by atoms with Gasteiger partial charge >= 0.3 is 0 Å². The third-order valence-corrected chi connectivity index (χ3v) is 4.72. The maximum absolute atomic E-state index is 12.4. The summed E-state index contributed by atoms with van der Waals surface area (Å²) in [5, 5.41) is 9.02. The Morgan fingerprint density at radius 1 is 0.759 bits per heavy atom. The van der Waals surface area contributed by atoms with Crippen molar-refractivity contribution in [1.29, 1.82) is 0 Å². The van der Waals surface area contributed by atoms with Gasteiger partial charge in [0, 0.05) is 22.6 Å². The van der Waals surface area contributed by atoms with Crippen LogP contribution in [0.15, 0.2) is 66.7 Å². The van der Waals surface area contributed by atoms with E-state index < -0.39 is 0 Å². The minimum atomic E-state index is -0.173. The highest BCUT2D eigenvalue weighted by Crippen LogP contribution is 2.22. The summed E-state index contributed by atoms with van der Waals surface area (Å²) in [5.41, 5.74) is 5.95. The van der Waals surface area contributed by atoms with Crippen molar-refractivity contribution >= 4 is 28.9 Å². The van der Waals surface area contributed by atoms with E-state index in [9.17, 15) is 9.59 Å². The normalized spacial score (nSPS) is 10.3. The Bertz CT molecular complexity index is 1010. The van der Waals surface area contributed by atoms with Crippen LogP contribution in [0.25, 0.3) is 0 Å². The van der Waals surface area contributed by atoms with Crippen LogP contribution >= 0.6 is 0 Å². The van der Waals surface area contributed by atoms with Crippen LogP contribution in [0.5, 0.6) is 0 Å². The zero-order valence-electron chi connectivity index (χ0n) is 16.9. The van der Waals surface area contributed by atoms with Crippen LogP contribution in [0.3, 0.4) is 0 Å². The van der Waals surface area contributed by atoms with Gasteiger partial charge in [-0.15, -0.1) is 0 Å². The van der Waals surface area contributed by atoms with Gasteiger partial charge in [-0.2, -0.15) is 0 Å². The number of nitrogens with one attached hydrogen (secondary N) is 3. The fraction of sp³-hybridized carbons (Fsp3) is 0.167. The van der Waals surface area contributed by atoms with Gasteiger partial charge in [-0.05, 0) is 61.7 Å². The predicted molar refractivity (Wildman–Crippen MR) is 119 cm³/mol. The lowest BCUT2D eigenvalue weighted by molar-refractivity contribution is -0.114. The molecule has 29 heavy (non-hydrogen) atoms. The Hall–Kier alpha value is -3.60. The SMILES string of the molecule is Cc1ccc(NC(=O)c2ccccc2)cc1NCC(=O)Nc1c(C)cccc1C. The Kier molecular flexibility index (Phi) is 6.29. The molecule has 5 heteroatoms. The monoisotopic (exact) mass is 387 g/mol. The largest absolute Gasteiger partial charge is 0.376 e. The van der Waals surface area contributed by atoms with Crippen molar-refractivity contribution in [2.45, 2.75) is 20.8 Å². The minimum absolute atomic E-state index is 0.125. The second kappa shape index (κ2) is 9.06. The van der Waals surface area contributed by atoms with Gasteiger partial charge in [0.05, 0.1) is 6.54 Å². The molecular weight excluding hydrogens is 362 g/mol. The fourth-order valence-electron chi connectivity index (χ4n) is 3.05. The number of rotatable bonds is 6. The molecule has 3 N–H and O–H groups in total. The molecule has 0 atom stereocenters. The molecule has 0 aliphatic rings. The quantitative estimate of drug-likeness (QED) is 0.562. The Labute approximate surface area is 171 Å². The molecular formula is C24H25N3O2. The number of benzene rings is 3. The highest BCUT2D eigenvalue weighted by atomic mass is 16.2. The molecule has 0 aromatic heterocycles. The molecule has 0 heterocycles. The van der Waals surface area contributed by atoms with E-state index in [1.165, 1.54) is 0 Å². The summed E-state index contributed by atoms with van der Waals surface area (Å²) in [7, 11) is 0. The van der Waals surface area contributed by atoms with E-state index in [0.29, 0.717) is 11.3 Å². The first-order valence-electron chi connectivity index (χ1n) is 9.51. The van der Waals surface area contributed by atoms with E-state index in [0.717, 1.165) is 28.1 Å². The molecule has 0 aliphatic heterocycles. The van der Waals surface area contributed by atoms with E-state index in [4.69, 9.17) is 0 Å². The topological polar surface area (TPSA) is 70.2 Å². The highest BCUT2D eigenvalue weighted by molar-refractivity contribution is 6.04. The predicted octanol–water partition coefficient (Wildman–Crippen LogP) is 4.91. The third kappa shape index (κ3) is 5.23. The molecule has 0 aliphatic carbocycles. The molecule has 0 spiro atoms. The number of amides is 2. The zero-order chi connectivity index (χ0) is 20.8. The summed E-state index contributed by atoms with van der Waals surface area (Å²) in [5.74, 6) is -0.298. The Morgan fingerprint density at radius 3 is 2.14 bits per heavy atom. The van der Waals surface area contributed by atoms with Gasteiger partial charge in [0.15, 0.2) is 0 Å².